The van der Waals surface area contributed by atoms with Crippen LogP contribution in [0.4, 0.5) is 10.5 Å². The lowest BCUT2D eigenvalue weighted by atomic mass is 9.97. The minimum atomic E-state index is -1.15. The Hall–Kier alpha value is -3.72. The van der Waals surface area contributed by atoms with Crippen molar-refractivity contribution in [1.82, 2.24) is 10.2 Å². The molecule has 0 bridgehead atoms. The van der Waals surface area contributed by atoms with Gasteiger partial charge in [-0.25, -0.2) is 9.79 Å². The van der Waals surface area contributed by atoms with Crippen LogP contribution in [0.25, 0.3) is 0 Å². The number of alkyl carbamates (subject to hydrolysis) is 1. The molecule has 1 aromatic carbocycles. The number of nitrogens with zero attached hydrogens (tertiary/aromatic N) is 2. The van der Waals surface area contributed by atoms with Crippen LogP contribution in [0, 0.1) is 0 Å². The van der Waals surface area contributed by atoms with Crippen molar-refractivity contribution in [2.45, 2.75) is 46.6 Å². The fourth-order valence-corrected chi connectivity index (χ4v) is 4.17. The van der Waals surface area contributed by atoms with Gasteiger partial charge in [0.1, 0.15) is 0 Å². The van der Waals surface area contributed by atoms with E-state index in [-0.39, 0.29) is 19.6 Å². The molecular weight excluding hydrogens is 474 g/mol. The highest BCUT2D eigenvalue weighted by molar-refractivity contribution is 6.16. The smallest absolute Gasteiger partial charge is 0.408 e. The quantitative estimate of drug-likeness (QED) is 0.502. The van der Waals surface area contributed by atoms with Crippen LogP contribution in [-0.4, -0.2) is 73.5 Å². The van der Waals surface area contributed by atoms with Crippen LogP contribution in [0.15, 0.2) is 63.8 Å². The number of para-hydroxylation sites is 1. The zero-order valence-electron chi connectivity index (χ0n) is 22.2. The second-order valence-electron chi connectivity index (χ2n) is 7.93. The number of carboxylic acids is 1. The van der Waals surface area contributed by atoms with Crippen LogP contribution >= 0.6 is 0 Å². The third-order valence-electron chi connectivity index (χ3n) is 5.71. The molecule has 0 spiro atoms. The molecule has 1 saturated heterocycles. The normalized spacial score (nSPS) is 15.9. The van der Waals surface area contributed by atoms with Crippen LogP contribution in [0.2, 0.25) is 0 Å². The Kier molecular flexibility index (Phi) is 11.8. The number of benzene rings is 1. The SMILES string of the molecule is CC.CC.COCC1=C(C(C=O)OC(=O)NCCC(=O)O)C=C2C3=Nc4ccccc4CC=C3CN2C1. The second kappa shape index (κ2) is 14.7. The van der Waals surface area contributed by atoms with Crippen molar-refractivity contribution in [2.75, 3.05) is 33.4 Å². The predicted molar refractivity (Wildman–Crippen MR) is 143 cm³/mol. The van der Waals surface area contributed by atoms with Crippen molar-refractivity contribution in [3.8, 4) is 0 Å². The molecule has 200 valence electrons. The number of ether oxygens (including phenoxy) is 2. The van der Waals surface area contributed by atoms with Gasteiger partial charge in [-0.05, 0) is 35.3 Å². The minimum Gasteiger partial charge on any atom is -0.481 e. The first-order chi connectivity index (χ1) is 18.0. The van der Waals surface area contributed by atoms with Crippen molar-refractivity contribution in [3.63, 3.8) is 0 Å². The number of carbonyl (C=O) groups excluding carboxylic acids is 2. The third kappa shape index (κ3) is 7.39. The molecule has 3 aliphatic rings. The van der Waals surface area contributed by atoms with Gasteiger partial charge in [0.25, 0.3) is 0 Å². The number of fused-ring (bicyclic) bond motifs is 4. The van der Waals surface area contributed by atoms with E-state index in [1.165, 1.54) is 0 Å². The zero-order chi connectivity index (χ0) is 27.4. The highest BCUT2D eigenvalue weighted by Crippen LogP contribution is 2.36. The maximum absolute atomic E-state index is 12.1. The number of carbonyl (C=O) groups is 3. The molecule has 37 heavy (non-hydrogen) atoms. The van der Waals surface area contributed by atoms with Gasteiger partial charge >= 0.3 is 12.1 Å². The van der Waals surface area contributed by atoms with Crippen LogP contribution in [0.5, 0.6) is 0 Å². The monoisotopic (exact) mass is 511 g/mol. The molecular formula is C28H37N3O6. The average molecular weight is 512 g/mol. The number of aldehydes is 1. The lowest BCUT2D eigenvalue weighted by molar-refractivity contribution is -0.136. The summed E-state index contributed by atoms with van der Waals surface area (Å²) in [5, 5.41) is 11.1. The Morgan fingerprint density at radius 3 is 2.59 bits per heavy atom. The maximum Gasteiger partial charge on any atom is 0.408 e. The molecule has 1 aromatic rings. The molecule has 4 rings (SSSR count). The van der Waals surface area contributed by atoms with Crippen molar-refractivity contribution in [3.05, 3.63) is 64.4 Å². The standard InChI is InChI=1S/C24H25N3O6.2C2H6/c1-32-14-17-12-27-11-16-7-6-15-4-2-3-5-19(15)26-23(16)20(27)10-18(17)21(13-28)33-24(31)25-9-8-22(29)30;2*1-2/h2-5,7,10,13,21H,6,8-9,11-12,14H2,1H3,(H,25,31)(H,29,30);2*1-2H3. The molecule has 2 N–H and O–H groups in total. The molecule has 0 radical (unpaired) electrons. The van der Waals surface area contributed by atoms with E-state index in [1.807, 2.05) is 52.0 Å². The predicted octanol–water partition coefficient (Wildman–Crippen LogP) is 4.22. The van der Waals surface area contributed by atoms with E-state index >= 15 is 0 Å². The molecule has 1 fully saturated rings. The van der Waals surface area contributed by atoms with Gasteiger partial charge in [-0.3, -0.25) is 9.59 Å². The summed E-state index contributed by atoms with van der Waals surface area (Å²) in [7, 11) is 1.57. The minimum absolute atomic E-state index is 0.0943. The Morgan fingerprint density at radius 1 is 1.19 bits per heavy atom. The topological polar surface area (TPSA) is 118 Å². The molecule has 0 aromatic heterocycles. The van der Waals surface area contributed by atoms with Gasteiger partial charge in [0.15, 0.2) is 12.4 Å². The van der Waals surface area contributed by atoms with Crippen LogP contribution < -0.4 is 5.32 Å². The third-order valence-corrected chi connectivity index (χ3v) is 5.71. The van der Waals surface area contributed by atoms with E-state index in [4.69, 9.17) is 19.6 Å². The van der Waals surface area contributed by atoms with Gasteiger partial charge in [0.2, 0.25) is 0 Å². The number of rotatable bonds is 8. The summed E-state index contributed by atoms with van der Waals surface area (Å²) in [5.41, 5.74) is 6.28. The molecule has 1 atom stereocenters. The summed E-state index contributed by atoms with van der Waals surface area (Å²) in [5.74, 6) is -1.04. The fourth-order valence-electron chi connectivity index (χ4n) is 4.17. The van der Waals surface area contributed by atoms with E-state index < -0.39 is 18.2 Å². The first-order valence-corrected chi connectivity index (χ1v) is 12.7. The average Bonchev–Trinajstić information content (AvgIpc) is 3.13. The molecule has 9 nitrogen and oxygen atoms in total. The molecule has 1 unspecified atom stereocenters. The fraction of sp³-hybridized carbons (Fsp3) is 0.429. The summed E-state index contributed by atoms with van der Waals surface area (Å²) in [6, 6.07) is 8.00. The van der Waals surface area contributed by atoms with E-state index in [9.17, 15) is 14.4 Å². The number of methoxy groups -OCH3 is 1. The molecule has 1 amide bonds. The van der Waals surface area contributed by atoms with E-state index in [0.717, 1.165) is 40.2 Å². The van der Waals surface area contributed by atoms with E-state index in [0.29, 0.717) is 24.9 Å². The number of aliphatic imine (C=N–C) groups is 1. The number of hydrogen-bond acceptors (Lipinski definition) is 7. The molecule has 3 heterocycles. The summed E-state index contributed by atoms with van der Waals surface area (Å²) in [4.78, 5) is 41.8. The van der Waals surface area contributed by atoms with Crippen molar-refractivity contribution < 1.29 is 29.0 Å². The van der Waals surface area contributed by atoms with Crippen molar-refractivity contribution in [1.29, 1.82) is 0 Å². The number of hydrogen-bond donors (Lipinski definition) is 2. The number of aliphatic carboxylic acids is 1. The highest BCUT2D eigenvalue weighted by atomic mass is 16.6. The highest BCUT2D eigenvalue weighted by Gasteiger charge is 2.35. The summed E-state index contributed by atoms with van der Waals surface area (Å²) in [6.45, 7) is 9.39. The van der Waals surface area contributed by atoms with Crippen molar-refractivity contribution in [2.24, 2.45) is 4.99 Å². The number of nitrogens with one attached hydrogen (secondary N) is 1. The Balaban J connectivity index is 0.00000115. The maximum atomic E-state index is 12.1. The van der Waals surface area contributed by atoms with E-state index in [2.05, 4.69) is 22.4 Å². The molecule has 0 saturated carbocycles. The Bertz CT molecular complexity index is 1100. The number of allylic oxidation sites excluding steroid dienone is 2. The van der Waals surface area contributed by atoms with Gasteiger partial charge < -0.3 is 24.8 Å². The lowest BCUT2D eigenvalue weighted by Crippen LogP contribution is -2.35. The number of carboxylic acid groups (broad SMARTS) is 1. The van der Waals surface area contributed by atoms with Gasteiger partial charge in [-0.1, -0.05) is 52.0 Å². The summed E-state index contributed by atoms with van der Waals surface area (Å²) >= 11 is 0. The largest absolute Gasteiger partial charge is 0.481 e. The lowest BCUT2D eigenvalue weighted by Gasteiger charge is -2.29. The van der Waals surface area contributed by atoms with Crippen LogP contribution in [0.1, 0.15) is 39.7 Å². The Morgan fingerprint density at radius 2 is 1.92 bits per heavy atom. The summed E-state index contributed by atoms with van der Waals surface area (Å²) in [6.07, 6.45) is 3.13. The van der Waals surface area contributed by atoms with E-state index in [1.54, 1.807) is 7.11 Å². The summed E-state index contributed by atoms with van der Waals surface area (Å²) < 4.78 is 10.7. The van der Waals surface area contributed by atoms with Crippen molar-refractivity contribution >= 4 is 29.7 Å². The van der Waals surface area contributed by atoms with Gasteiger partial charge in [0, 0.05) is 32.3 Å². The van der Waals surface area contributed by atoms with Crippen LogP contribution in [-0.2, 0) is 25.5 Å². The second-order valence-corrected chi connectivity index (χ2v) is 7.93. The first kappa shape index (κ1) is 29.5. The van der Waals surface area contributed by atoms with Gasteiger partial charge in [0.05, 0.1) is 30.1 Å². The molecule has 9 heteroatoms. The van der Waals surface area contributed by atoms with Crippen LogP contribution in [0.3, 0.4) is 0 Å². The molecule has 3 aliphatic heterocycles. The van der Waals surface area contributed by atoms with Gasteiger partial charge in [-0.2, -0.15) is 0 Å². The first-order valence-electron chi connectivity index (χ1n) is 12.7. The Labute approximate surface area is 218 Å². The zero-order valence-corrected chi connectivity index (χ0v) is 22.2. The van der Waals surface area contributed by atoms with Gasteiger partial charge in [-0.15, -0.1) is 0 Å². The molecule has 0 aliphatic carbocycles. The number of amides is 1.